The zero-order valence-electron chi connectivity index (χ0n) is 11.2. The van der Waals surface area contributed by atoms with Crippen molar-refractivity contribution in [3.63, 3.8) is 0 Å². The zero-order chi connectivity index (χ0) is 15.8. The van der Waals surface area contributed by atoms with E-state index >= 15 is 0 Å². The van der Waals surface area contributed by atoms with E-state index in [1.54, 1.807) is 0 Å². The lowest BCUT2D eigenvalue weighted by molar-refractivity contribution is -0.384. The molecule has 0 aromatic heterocycles. The summed E-state index contributed by atoms with van der Waals surface area (Å²) in [5.41, 5.74) is 0.247. The van der Waals surface area contributed by atoms with Gasteiger partial charge in [-0.25, -0.2) is 9.59 Å². The van der Waals surface area contributed by atoms with Gasteiger partial charge in [0.05, 0.1) is 4.92 Å². The van der Waals surface area contributed by atoms with E-state index in [2.05, 4.69) is 10.6 Å². The highest BCUT2D eigenvalue weighted by molar-refractivity contribution is 7.98. The predicted octanol–water partition coefficient (Wildman–Crippen LogP) is 1.92. The van der Waals surface area contributed by atoms with Gasteiger partial charge in [0.25, 0.3) is 5.69 Å². The van der Waals surface area contributed by atoms with Crippen LogP contribution >= 0.6 is 11.8 Å². The molecular weight excluding hydrogens is 298 g/mol. The van der Waals surface area contributed by atoms with Crippen LogP contribution in [0.25, 0.3) is 0 Å². The highest BCUT2D eigenvalue weighted by Gasteiger charge is 2.19. The van der Waals surface area contributed by atoms with E-state index in [-0.39, 0.29) is 5.69 Å². The van der Waals surface area contributed by atoms with E-state index in [1.807, 2.05) is 6.26 Å². The van der Waals surface area contributed by atoms with Crippen LogP contribution in [0.15, 0.2) is 24.3 Å². The fourth-order valence-corrected chi connectivity index (χ4v) is 1.96. The molecule has 0 aliphatic heterocycles. The summed E-state index contributed by atoms with van der Waals surface area (Å²) < 4.78 is 0. The molecular formula is C12H15N3O5S. The molecule has 114 valence electrons. The number of nitrogens with one attached hydrogen (secondary N) is 2. The van der Waals surface area contributed by atoms with Crippen LogP contribution in [0.3, 0.4) is 0 Å². The van der Waals surface area contributed by atoms with Crippen molar-refractivity contribution >= 4 is 35.1 Å². The van der Waals surface area contributed by atoms with Crippen molar-refractivity contribution in [3.05, 3.63) is 34.4 Å². The highest BCUT2D eigenvalue weighted by Crippen LogP contribution is 2.15. The van der Waals surface area contributed by atoms with Crippen LogP contribution in [0.5, 0.6) is 0 Å². The molecule has 0 aliphatic rings. The SMILES string of the molecule is CSCC[C@H](NC(=O)Nc1ccc([N+](=O)[O-])cc1)C(=O)O. The molecule has 2 amide bonds. The fraction of sp³-hybridized carbons (Fsp3) is 0.333. The lowest BCUT2D eigenvalue weighted by Gasteiger charge is -2.14. The molecule has 1 aromatic rings. The first-order chi connectivity index (χ1) is 9.93. The average Bonchev–Trinajstić information content (AvgIpc) is 2.43. The van der Waals surface area contributed by atoms with Gasteiger partial charge in [-0.2, -0.15) is 11.8 Å². The number of carboxylic acid groups (broad SMARTS) is 1. The molecule has 9 heteroatoms. The van der Waals surface area contributed by atoms with E-state index in [9.17, 15) is 19.7 Å². The Morgan fingerprint density at radius 3 is 2.48 bits per heavy atom. The van der Waals surface area contributed by atoms with E-state index in [0.29, 0.717) is 17.9 Å². The summed E-state index contributed by atoms with van der Waals surface area (Å²) in [5, 5.41) is 24.2. The van der Waals surface area contributed by atoms with Crippen molar-refractivity contribution < 1.29 is 19.6 Å². The van der Waals surface area contributed by atoms with E-state index in [1.165, 1.54) is 36.0 Å². The first kappa shape index (κ1) is 16.8. The molecule has 21 heavy (non-hydrogen) atoms. The van der Waals surface area contributed by atoms with Gasteiger partial charge in [-0.1, -0.05) is 0 Å². The minimum absolute atomic E-state index is 0.0932. The number of hydrogen-bond acceptors (Lipinski definition) is 5. The van der Waals surface area contributed by atoms with Crippen molar-refractivity contribution in [2.75, 3.05) is 17.3 Å². The Kier molecular flexibility index (Phi) is 6.47. The monoisotopic (exact) mass is 313 g/mol. The van der Waals surface area contributed by atoms with E-state index in [0.717, 1.165) is 0 Å². The zero-order valence-corrected chi connectivity index (χ0v) is 12.1. The number of nitro benzene ring substituents is 1. The van der Waals surface area contributed by atoms with Crippen LogP contribution in [0.2, 0.25) is 0 Å². The van der Waals surface area contributed by atoms with Crippen LogP contribution in [-0.4, -0.2) is 40.1 Å². The largest absolute Gasteiger partial charge is 0.480 e. The molecule has 0 heterocycles. The number of non-ortho nitro benzene ring substituents is 1. The smallest absolute Gasteiger partial charge is 0.326 e. The molecule has 0 saturated carbocycles. The maximum absolute atomic E-state index is 11.7. The molecule has 0 spiro atoms. The number of carboxylic acids is 1. The molecule has 0 saturated heterocycles. The molecule has 0 unspecified atom stereocenters. The van der Waals surface area contributed by atoms with Crippen LogP contribution < -0.4 is 10.6 Å². The minimum Gasteiger partial charge on any atom is -0.480 e. The Morgan fingerprint density at radius 1 is 1.38 bits per heavy atom. The number of aliphatic carboxylic acids is 1. The maximum Gasteiger partial charge on any atom is 0.326 e. The molecule has 0 fully saturated rings. The molecule has 1 atom stereocenters. The van der Waals surface area contributed by atoms with E-state index in [4.69, 9.17) is 5.11 Å². The number of carbonyl (C=O) groups excluding carboxylic acids is 1. The highest BCUT2D eigenvalue weighted by atomic mass is 32.2. The number of carbonyl (C=O) groups is 2. The summed E-state index contributed by atoms with van der Waals surface area (Å²) in [6.07, 6.45) is 2.15. The third-order valence-corrected chi connectivity index (χ3v) is 3.19. The quantitative estimate of drug-likeness (QED) is 0.522. The summed E-state index contributed by atoms with van der Waals surface area (Å²) in [6.45, 7) is 0. The van der Waals surface area contributed by atoms with Crippen molar-refractivity contribution in [3.8, 4) is 0 Å². The van der Waals surface area contributed by atoms with Crippen molar-refractivity contribution in [2.24, 2.45) is 0 Å². The van der Waals surface area contributed by atoms with Gasteiger partial charge in [0, 0.05) is 17.8 Å². The van der Waals surface area contributed by atoms with Gasteiger partial charge in [-0.05, 0) is 30.6 Å². The second-order valence-electron chi connectivity index (χ2n) is 4.07. The van der Waals surface area contributed by atoms with Crippen LogP contribution in [0.4, 0.5) is 16.2 Å². The number of rotatable bonds is 7. The number of nitro groups is 1. The fourth-order valence-electron chi connectivity index (χ4n) is 1.48. The third kappa shape index (κ3) is 5.69. The number of nitrogens with zero attached hydrogens (tertiary/aromatic N) is 1. The third-order valence-electron chi connectivity index (χ3n) is 2.55. The topological polar surface area (TPSA) is 122 Å². The number of anilines is 1. The number of amides is 2. The van der Waals surface area contributed by atoms with Gasteiger partial charge in [-0.3, -0.25) is 10.1 Å². The summed E-state index contributed by atoms with van der Waals surface area (Å²) in [6, 6.07) is 3.59. The molecule has 8 nitrogen and oxygen atoms in total. The molecule has 1 rings (SSSR count). The van der Waals surface area contributed by atoms with Crippen LogP contribution in [0.1, 0.15) is 6.42 Å². The first-order valence-electron chi connectivity index (χ1n) is 5.97. The van der Waals surface area contributed by atoms with Crippen molar-refractivity contribution in [1.82, 2.24) is 5.32 Å². The van der Waals surface area contributed by atoms with Gasteiger partial charge in [0.2, 0.25) is 0 Å². The Morgan fingerprint density at radius 2 is 2.00 bits per heavy atom. The van der Waals surface area contributed by atoms with Crippen LogP contribution in [-0.2, 0) is 4.79 Å². The molecule has 1 aromatic carbocycles. The summed E-state index contributed by atoms with van der Waals surface area (Å²) in [4.78, 5) is 32.6. The average molecular weight is 313 g/mol. The summed E-state index contributed by atoms with van der Waals surface area (Å²) >= 11 is 1.48. The number of hydrogen-bond donors (Lipinski definition) is 3. The normalized spacial score (nSPS) is 11.5. The van der Waals surface area contributed by atoms with Crippen molar-refractivity contribution in [1.29, 1.82) is 0 Å². The first-order valence-corrected chi connectivity index (χ1v) is 7.37. The Balaban J connectivity index is 2.59. The maximum atomic E-state index is 11.7. The second kappa shape index (κ2) is 8.10. The van der Waals surface area contributed by atoms with Crippen LogP contribution in [0, 0.1) is 10.1 Å². The Labute approximate surface area is 125 Å². The molecule has 0 radical (unpaired) electrons. The van der Waals surface area contributed by atoms with Gasteiger partial charge in [-0.15, -0.1) is 0 Å². The van der Waals surface area contributed by atoms with E-state index < -0.39 is 23.0 Å². The summed E-state index contributed by atoms with van der Waals surface area (Å²) in [7, 11) is 0. The summed E-state index contributed by atoms with van der Waals surface area (Å²) in [5.74, 6) is -0.502. The van der Waals surface area contributed by atoms with Gasteiger partial charge in [0.15, 0.2) is 0 Å². The molecule has 3 N–H and O–H groups in total. The Hall–Kier alpha value is -2.29. The standard InChI is InChI=1S/C12H15N3O5S/c1-21-7-6-10(11(16)17)14-12(18)13-8-2-4-9(5-3-8)15(19)20/h2-5,10H,6-7H2,1H3,(H,16,17)(H2,13,14,18)/t10-/m0/s1. The number of thioether (sulfide) groups is 1. The number of benzene rings is 1. The second-order valence-corrected chi connectivity index (χ2v) is 5.06. The molecule has 0 bridgehead atoms. The van der Waals surface area contributed by atoms with Crippen molar-refractivity contribution in [2.45, 2.75) is 12.5 Å². The van der Waals surface area contributed by atoms with Gasteiger partial charge >= 0.3 is 12.0 Å². The van der Waals surface area contributed by atoms with Gasteiger partial charge < -0.3 is 15.7 Å². The lowest BCUT2D eigenvalue weighted by Crippen LogP contribution is -2.43. The Bertz CT molecular complexity index is 520. The lowest BCUT2D eigenvalue weighted by atomic mass is 10.2. The number of urea groups is 1. The minimum atomic E-state index is -1.11. The predicted molar refractivity (Wildman–Crippen MR) is 79.7 cm³/mol. The molecule has 0 aliphatic carbocycles. The van der Waals surface area contributed by atoms with Gasteiger partial charge in [0.1, 0.15) is 6.04 Å².